The van der Waals surface area contributed by atoms with Gasteiger partial charge in [-0.15, -0.1) is 0 Å². The van der Waals surface area contributed by atoms with Crippen LogP contribution in [0.2, 0.25) is 0 Å². The van der Waals surface area contributed by atoms with Gasteiger partial charge >= 0.3 is 0 Å². The van der Waals surface area contributed by atoms with Crippen molar-refractivity contribution in [3.8, 4) is 0 Å². The maximum atomic E-state index is 11.6. The average Bonchev–Trinajstić information content (AvgIpc) is 2.29. The van der Waals surface area contributed by atoms with E-state index in [1.54, 1.807) is 12.1 Å². The lowest BCUT2D eigenvalue weighted by atomic mass is 10.1. The summed E-state index contributed by atoms with van der Waals surface area (Å²) in [5, 5.41) is 13.3. The zero-order valence-electron chi connectivity index (χ0n) is 9.10. The van der Waals surface area contributed by atoms with Crippen LogP contribution in [0.3, 0.4) is 0 Å². The molecule has 0 bridgehead atoms. The predicted octanol–water partition coefficient (Wildman–Crippen LogP) is 2.12. The molecule has 0 unspecified atom stereocenters. The van der Waals surface area contributed by atoms with Gasteiger partial charge < -0.3 is 5.32 Å². The standard InChI is InChI=1S/C11H14N2O3/c1-2-3-8-12-11(14)9-6-4-5-7-10(9)13(15)16/h4-7H,2-3,8H2,1H3,(H,12,14). The highest BCUT2D eigenvalue weighted by molar-refractivity contribution is 5.98. The van der Waals surface area contributed by atoms with Crippen LogP contribution < -0.4 is 5.32 Å². The van der Waals surface area contributed by atoms with Crippen molar-refractivity contribution in [1.29, 1.82) is 0 Å². The van der Waals surface area contributed by atoms with Crippen LogP contribution in [-0.4, -0.2) is 17.4 Å². The van der Waals surface area contributed by atoms with Crippen LogP contribution in [-0.2, 0) is 0 Å². The maximum absolute atomic E-state index is 11.6. The number of benzene rings is 1. The lowest BCUT2D eigenvalue weighted by Gasteiger charge is -2.04. The SMILES string of the molecule is CCCCNC(=O)c1ccccc1[N+](=O)[O-]. The Labute approximate surface area is 93.6 Å². The van der Waals surface area contributed by atoms with E-state index in [1.165, 1.54) is 12.1 Å². The molecule has 1 amide bonds. The molecule has 0 aromatic heterocycles. The molecular formula is C11H14N2O3. The summed E-state index contributed by atoms with van der Waals surface area (Å²) in [5.41, 5.74) is -0.0416. The summed E-state index contributed by atoms with van der Waals surface area (Å²) < 4.78 is 0. The van der Waals surface area contributed by atoms with E-state index in [9.17, 15) is 14.9 Å². The van der Waals surface area contributed by atoms with E-state index in [1.807, 2.05) is 6.92 Å². The molecule has 5 heteroatoms. The third kappa shape index (κ3) is 3.05. The molecule has 1 N–H and O–H groups in total. The first-order chi connectivity index (χ1) is 7.66. The summed E-state index contributed by atoms with van der Waals surface area (Å²) in [5.74, 6) is -0.388. The van der Waals surface area contributed by atoms with E-state index in [4.69, 9.17) is 0 Å². The molecule has 0 aliphatic heterocycles. The van der Waals surface area contributed by atoms with Crippen molar-refractivity contribution >= 4 is 11.6 Å². The van der Waals surface area contributed by atoms with E-state index in [0.29, 0.717) is 6.54 Å². The zero-order chi connectivity index (χ0) is 12.0. The lowest BCUT2D eigenvalue weighted by molar-refractivity contribution is -0.385. The summed E-state index contributed by atoms with van der Waals surface area (Å²) >= 11 is 0. The van der Waals surface area contributed by atoms with Crippen molar-refractivity contribution < 1.29 is 9.72 Å². The predicted molar refractivity (Wildman–Crippen MR) is 60.3 cm³/mol. The average molecular weight is 222 g/mol. The molecule has 0 aliphatic carbocycles. The fourth-order valence-corrected chi connectivity index (χ4v) is 1.30. The zero-order valence-corrected chi connectivity index (χ0v) is 9.10. The minimum atomic E-state index is -0.547. The Morgan fingerprint density at radius 2 is 2.12 bits per heavy atom. The topological polar surface area (TPSA) is 72.2 Å². The van der Waals surface area contributed by atoms with Gasteiger partial charge in [-0.2, -0.15) is 0 Å². The molecule has 0 heterocycles. The van der Waals surface area contributed by atoms with Gasteiger partial charge in [-0.3, -0.25) is 14.9 Å². The highest BCUT2D eigenvalue weighted by atomic mass is 16.6. The number of hydrogen-bond acceptors (Lipinski definition) is 3. The number of hydrogen-bond donors (Lipinski definition) is 1. The number of nitro groups is 1. The van der Waals surface area contributed by atoms with E-state index in [0.717, 1.165) is 12.8 Å². The largest absolute Gasteiger partial charge is 0.352 e. The Morgan fingerprint density at radius 3 is 2.75 bits per heavy atom. The van der Waals surface area contributed by atoms with E-state index in [-0.39, 0.29) is 17.2 Å². The summed E-state index contributed by atoms with van der Waals surface area (Å²) in [6, 6.07) is 5.94. The number of rotatable bonds is 5. The van der Waals surface area contributed by atoms with Crippen LogP contribution in [0, 0.1) is 10.1 Å². The molecule has 0 atom stereocenters. The quantitative estimate of drug-likeness (QED) is 0.471. The maximum Gasteiger partial charge on any atom is 0.282 e. The monoisotopic (exact) mass is 222 g/mol. The van der Waals surface area contributed by atoms with Gasteiger partial charge in [0.2, 0.25) is 0 Å². The van der Waals surface area contributed by atoms with Crippen molar-refractivity contribution in [2.45, 2.75) is 19.8 Å². The van der Waals surface area contributed by atoms with Crippen molar-refractivity contribution in [2.75, 3.05) is 6.54 Å². The van der Waals surface area contributed by atoms with Crippen LogP contribution >= 0.6 is 0 Å². The van der Waals surface area contributed by atoms with E-state index in [2.05, 4.69) is 5.32 Å². The first-order valence-electron chi connectivity index (χ1n) is 5.18. The van der Waals surface area contributed by atoms with Crippen LogP contribution in [0.15, 0.2) is 24.3 Å². The Morgan fingerprint density at radius 1 is 1.44 bits per heavy atom. The molecule has 0 aliphatic rings. The molecule has 0 saturated heterocycles. The van der Waals surface area contributed by atoms with Crippen molar-refractivity contribution in [3.05, 3.63) is 39.9 Å². The second-order valence-corrected chi connectivity index (χ2v) is 3.38. The Hall–Kier alpha value is -1.91. The molecule has 1 rings (SSSR count). The van der Waals surface area contributed by atoms with Gasteiger partial charge in [-0.25, -0.2) is 0 Å². The normalized spacial score (nSPS) is 9.81. The number of nitro benzene ring substituents is 1. The highest BCUT2D eigenvalue weighted by Crippen LogP contribution is 2.17. The number of carbonyl (C=O) groups excluding carboxylic acids is 1. The highest BCUT2D eigenvalue weighted by Gasteiger charge is 2.18. The summed E-state index contributed by atoms with van der Waals surface area (Å²) in [7, 11) is 0. The first kappa shape index (κ1) is 12.2. The van der Waals surface area contributed by atoms with Gasteiger partial charge in [-0.05, 0) is 12.5 Å². The van der Waals surface area contributed by atoms with Crippen LogP contribution in [0.5, 0.6) is 0 Å². The second-order valence-electron chi connectivity index (χ2n) is 3.38. The number of carbonyl (C=O) groups is 1. The number of nitrogens with one attached hydrogen (secondary N) is 1. The van der Waals surface area contributed by atoms with Gasteiger partial charge in [0.15, 0.2) is 0 Å². The molecule has 1 aromatic rings. The molecular weight excluding hydrogens is 208 g/mol. The van der Waals surface area contributed by atoms with Crippen molar-refractivity contribution in [3.63, 3.8) is 0 Å². The number of para-hydroxylation sites is 1. The number of nitrogens with zero attached hydrogens (tertiary/aromatic N) is 1. The molecule has 0 saturated carbocycles. The molecule has 0 spiro atoms. The van der Waals surface area contributed by atoms with E-state index >= 15 is 0 Å². The van der Waals surface area contributed by atoms with Gasteiger partial charge in [0.05, 0.1) is 4.92 Å². The fourth-order valence-electron chi connectivity index (χ4n) is 1.30. The van der Waals surface area contributed by atoms with Crippen LogP contribution in [0.1, 0.15) is 30.1 Å². The third-order valence-electron chi connectivity index (χ3n) is 2.16. The molecule has 5 nitrogen and oxygen atoms in total. The summed E-state index contributed by atoms with van der Waals surface area (Å²) in [6.45, 7) is 2.55. The molecule has 0 radical (unpaired) electrons. The lowest BCUT2D eigenvalue weighted by Crippen LogP contribution is -2.25. The number of unbranched alkanes of at least 4 members (excludes halogenated alkanes) is 1. The van der Waals surface area contributed by atoms with Gasteiger partial charge in [0.1, 0.15) is 5.56 Å². The second kappa shape index (κ2) is 5.85. The van der Waals surface area contributed by atoms with E-state index < -0.39 is 4.92 Å². The van der Waals surface area contributed by atoms with Gasteiger partial charge in [0.25, 0.3) is 11.6 Å². The minimum Gasteiger partial charge on any atom is -0.352 e. The molecule has 16 heavy (non-hydrogen) atoms. The van der Waals surface area contributed by atoms with Gasteiger partial charge in [-0.1, -0.05) is 25.5 Å². The third-order valence-corrected chi connectivity index (χ3v) is 2.16. The summed E-state index contributed by atoms with van der Waals surface area (Å²) in [4.78, 5) is 21.8. The summed E-state index contributed by atoms with van der Waals surface area (Å²) in [6.07, 6.45) is 1.84. The van der Waals surface area contributed by atoms with Crippen LogP contribution in [0.25, 0.3) is 0 Å². The first-order valence-corrected chi connectivity index (χ1v) is 5.18. The van der Waals surface area contributed by atoms with Crippen molar-refractivity contribution in [2.24, 2.45) is 0 Å². The van der Waals surface area contributed by atoms with Crippen LogP contribution in [0.4, 0.5) is 5.69 Å². The molecule has 1 aromatic carbocycles. The van der Waals surface area contributed by atoms with Crippen molar-refractivity contribution in [1.82, 2.24) is 5.32 Å². The number of amides is 1. The fraction of sp³-hybridized carbons (Fsp3) is 0.364. The Kier molecular flexibility index (Phi) is 4.44. The minimum absolute atomic E-state index is 0.114. The Balaban J connectivity index is 2.78. The smallest absolute Gasteiger partial charge is 0.282 e. The molecule has 86 valence electrons. The molecule has 0 fully saturated rings. The Bertz CT molecular complexity index is 391. The van der Waals surface area contributed by atoms with Gasteiger partial charge in [0, 0.05) is 12.6 Å².